The number of carbonyl (C=O) groups excluding carboxylic acids is 3. The summed E-state index contributed by atoms with van der Waals surface area (Å²) in [5, 5.41) is 10.1. The number of aromatic nitrogens is 3. The molecule has 3 aliphatic heterocycles. The molecule has 0 bridgehead atoms. The molecule has 2 aromatic heterocycles. The lowest BCUT2D eigenvalue weighted by Crippen LogP contribution is -2.44. The second-order valence-corrected chi connectivity index (χ2v) is 15.4. The average Bonchev–Trinajstić information content (AvgIpc) is 3.12. The highest BCUT2D eigenvalue weighted by Gasteiger charge is 2.40. The number of amides is 3. The molecular formula is C38H46ClN7O4. The number of nitrogens with zero attached hydrogens (tertiary/aromatic N) is 5. The van der Waals surface area contributed by atoms with Crippen molar-refractivity contribution in [3.8, 4) is 0 Å². The highest BCUT2D eigenvalue weighted by molar-refractivity contribution is 6.32. The van der Waals surface area contributed by atoms with Gasteiger partial charge in [0.25, 0.3) is 11.5 Å². The number of nitrogens with one attached hydrogen (secondary N) is 2. The Balaban J connectivity index is 0.901. The zero-order valence-corrected chi connectivity index (χ0v) is 29.6. The molecule has 3 atom stereocenters. The number of likely N-dealkylation sites (tertiary alicyclic amines) is 2. The number of benzene rings is 1. The lowest BCUT2D eigenvalue weighted by Gasteiger charge is -2.46. The third-order valence-electron chi connectivity index (χ3n) is 11.7. The summed E-state index contributed by atoms with van der Waals surface area (Å²) in [4.78, 5) is 58.7. The van der Waals surface area contributed by atoms with Gasteiger partial charge in [-0.3, -0.25) is 29.5 Å². The molecule has 7 rings (SSSR count). The Morgan fingerprint density at radius 3 is 2.30 bits per heavy atom. The Hall–Kier alpha value is -4.09. The Kier molecular flexibility index (Phi) is 9.80. The summed E-state index contributed by atoms with van der Waals surface area (Å²) in [6, 6.07) is 12.3. The minimum absolute atomic E-state index is 0.101. The number of likely N-dealkylation sites (N-methyl/N-ethyl adjacent to an activating group) is 1. The highest BCUT2D eigenvalue weighted by atomic mass is 35.5. The Morgan fingerprint density at radius 1 is 0.900 bits per heavy atom. The van der Waals surface area contributed by atoms with Gasteiger partial charge in [-0.05, 0) is 99.1 Å². The molecule has 1 unspecified atom stereocenters. The molecule has 3 saturated heterocycles. The minimum atomic E-state index is -0.320. The van der Waals surface area contributed by atoms with E-state index in [1.54, 1.807) is 13.2 Å². The summed E-state index contributed by atoms with van der Waals surface area (Å²) >= 11 is 6.32. The van der Waals surface area contributed by atoms with E-state index in [1.165, 1.54) is 10.2 Å². The quantitative estimate of drug-likeness (QED) is 0.350. The summed E-state index contributed by atoms with van der Waals surface area (Å²) in [5.74, 6) is 0.0601. The van der Waals surface area contributed by atoms with E-state index in [-0.39, 0.29) is 51.6 Å². The van der Waals surface area contributed by atoms with Crippen molar-refractivity contribution in [1.29, 1.82) is 0 Å². The van der Waals surface area contributed by atoms with Crippen molar-refractivity contribution in [1.82, 2.24) is 29.9 Å². The lowest BCUT2D eigenvalue weighted by molar-refractivity contribution is -0.134. The maximum absolute atomic E-state index is 13.6. The maximum Gasteiger partial charge on any atom is 0.287 e. The van der Waals surface area contributed by atoms with Crippen LogP contribution < -0.4 is 16.2 Å². The van der Waals surface area contributed by atoms with Gasteiger partial charge >= 0.3 is 0 Å². The smallest absolute Gasteiger partial charge is 0.287 e. The maximum atomic E-state index is 13.6. The van der Waals surface area contributed by atoms with Gasteiger partial charge in [-0.15, -0.1) is 0 Å². The van der Waals surface area contributed by atoms with Crippen LogP contribution in [0.1, 0.15) is 103 Å². The first-order chi connectivity index (χ1) is 24.1. The van der Waals surface area contributed by atoms with Crippen LogP contribution in [-0.2, 0) is 16.6 Å². The van der Waals surface area contributed by atoms with Crippen LogP contribution in [0.5, 0.6) is 0 Å². The molecule has 5 heterocycles. The van der Waals surface area contributed by atoms with E-state index in [0.29, 0.717) is 24.4 Å². The van der Waals surface area contributed by atoms with Gasteiger partial charge in [0.15, 0.2) is 0 Å². The number of rotatable bonds is 6. The standard InChI is InChI=1S/C38H46ClN7O4/c1-44-22-28(19-29(23-44)42-32-21-41-45(2)37(50)34(32)39)24-3-5-26(6-4-24)36(49)46-17-15-38(16-18-46)13-11-25(12-14-38)31-9-7-27(20-40-31)30-8-10-33(47)43-35(30)48/h3-7,9,20-21,25,28-30,42H,8,10-19,22-23H2,1-2H3,(H,43,47,48)/t28-,29+,30?/m0/s1. The van der Waals surface area contributed by atoms with Crippen LogP contribution in [0.4, 0.5) is 5.69 Å². The van der Waals surface area contributed by atoms with Gasteiger partial charge in [0, 0.05) is 69.1 Å². The second-order valence-electron chi connectivity index (χ2n) is 15.0. The Bertz CT molecular complexity index is 1790. The fourth-order valence-corrected chi connectivity index (χ4v) is 8.89. The van der Waals surface area contributed by atoms with Crippen LogP contribution >= 0.6 is 11.6 Å². The van der Waals surface area contributed by atoms with Crippen molar-refractivity contribution in [2.45, 2.75) is 81.6 Å². The molecule has 4 fully saturated rings. The predicted molar refractivity (Wildman–Crippen MR) is 191 cm³/mol. The first-order valence-electron chi connectivity index (χ1n) is 17.9. The largest absolute Gasteiger partial charge is 0.378 e. The number of hydrogen-bond donors (Lipinski definition) is 2. The molecule has 2 N–H and O–H groups in total. The molecule has 3 amide bonds. The molecule has 1 aromatic carbocycles. The molecule has 264 valence electrons. The number of aryl methyl sites for hydroxylation is 1. The molecule has 3 aromatic rings. The van der Waals surface area contributed by atoms with Crippen LogP contribution in [-0.4, -0.2) is 81.6 Å². The van der Waals surface area contributed by atoms with Crippen molar-refractivity contribution >= 4 is 35.0 Å². The molecule has 0 radical (unpaired) electrons. The van der Waals surface area contributed by atoms with Gasteiger partial charge in [0.05, 0.1) is 17.8 Å². The number of hydrogen-bond acceptors (Lipinski definition) is 8. The predicted octanol–water partition coefficient (Wildman–Crippen LogP) is 4.83. The third-order valence-corrected chi connectivity index (χ3v) is 12.1. The van der Waals surface area contributed by atoms with E-state index >= 15 is 0 Å². The third kappa shape index (κ3) is 7.21. The van der Waals surface area contributed by atoms with E-state index in [0.717, 1.165) is 87.9 Å². The van der Waals surface area contributed by atoms with Crippen molar-refractivity contribution < 1.29 is 14.4 Å². The van der Waals surface area contributed by atoms with Crippen molar-refractivity contribution in [3.63, 3.8) is 0 Å². The summed E-state index contributed by atoms with van der Waals surface area (Å²) in [6.45, 7) is 3.30. The van der Waals surface area contributed by atoms with Crippen molar-refractivity contribution in [2.24, 2.45) is 12.5 Å². The second kappa shape index (κ2) is 14.3. The molecule has 11 nitrogen and oxygen atoms in total. The van der Waals surface area contributed by atoms with E-state index in [9.17, 15) is 19.2 Å². The van der Waals surface area contributed by atoms with Crippen LogP contribution in [0, 0.1) is 5.41 Å². The Morgan fingerprint density at radius 2 is 1.62 bits per heavy atom. The Labute approximate surface area is 297 Å². The van der Waals surface area contributed by atoms with Crippen LogP contribution in [0.25, 0.3) is 0 Å². The molecule has 1 aliphatic carbocycles. The van der Waals surface area contributed by atoms with E-state index in [1.807, 2.05) is 29.3 Å². The molecule has 4 aliphatic rings. The molecule has 12 heteroatoms. The first kappa shape index (κ1) is 34.4. The number of carbonyl (C=O) groups is 3. The van der Waals surface area contributed by atoms with Gasteiger partial charge in [0.1, 0.15) is 5.02 Å². The van der Waals surface area contributed by atoms with Crippen molar-refractivity contribution in [2.75, 3.05) is 38.5 Å². The topological polar surface area (TPSA) is 130 Å². The highest BCUT2D eigenvalue weighted by Crippen LogP contribution is 2.49. The molecule has 1 saturated carbocycles. The SMILES string of the molecule is CN1C[C@H](Nc2cnn(C)c(=O)c2Cl)C[C@H](c2ccc(C(=O)N3CCC4(CCC(c5ccc(C6CCC(=O)NC6=O)cn5)CC4)CC3)cc2)C1. The van der Waals surface area contributed by atoms with Gasteiger partial charge in [0.2, 0.25) is 11.8 Å². The van der Waals surface area contributed by atoms with E-state index < -0.39 is 0 Å². The van der Waals surface area contributed by atoms with Gasteiger partial charge in [-0.2, -0.15) is 5.10 Å². The van der Waals surface area contributed by atoms with Crippen molar-refractivity contribution in [3.05, 3.63) is 86.6 Å². The molecular weight excluding hydrogens is 654 g/mol. The van der Waals surface area contributed by atoms with Gasteiger partial charge in [-0.1, -0.05) is 29.8 Å². The molecule has 1 spiro atoms. The number of imide groups is 1. The summed E-state index contributed by atoms with van der Waals surface area (Å²) < 4.78 is 1.23. The van der Waals surface area contributed by atoms with Crippen LogP contribution in [0.15, 0.2) is 53.6 Å². The zero-order chi connectivity index (χ0) is 35.0. The monoisotopic (exact) mass is 699 g/mol. The summed E-state index contributed by atoms with van der Waals surface area (Å²) in [5.41, 5.74) is 4.42. The fraction of sp³-hybridized carbons (Fsp3) is 0.526. The number of halogens is 1. The van der Waals surface area contributed by atoms with E-state index in [2.05, 4.69) is 45.9 Å². The molecule has 50 heavy (non-hydrogen) atoms. The average molecular weight is 700 g/mol. The van der Waals surface area contributed by atoms with E-state index in [4.69, 9.17) is 16.6 Å². The first-order valence-corrected chi connectivity index (χ1v) is 18.3. The number of anilines is 1. The number of pyridine rings is 1. The van der Waals surface area contributed by atoms with Gasteiger partial charge in [-0.25, -0.2) is 4.68 Å². The minimum Gasteiger partial charge on any atom is -0.378 e. The van der Waals surface area contributed by atoms with Crippen LogP contribution in [0.2, 0.25) is 5.02 Å². The summed E-state index contributed by atoms with van der Waals surface area (Å²) in [7, 11) is 3.68. The van der Waals surface area contributed by atoms with Crippen LogP contribution in [0.3, 0.4) is 0 Å². The summed E-state index contributed by atoms with van der Waals surface area (Å²) in [6.07, 6.45) is 11.7. The fourth-order valence-electron chi connectivity index (χ4n) is 8.66. The van der Waals surface area contributed by atoms with Gasteiger partial charge < -0.3 is 15.1 Å². The lowest BCUT2D eigenvalue weighted by atomic mass is 9.65. The normalized spacial score (nSPS) is 24.6. The zero-order valence-electron chi connectivity index (χ0n) is 28.9. The number of piperidine rings is 3.